The van der Waals surface area contributed by atoms with Gasteiger partial charge < -0.3 is 25.0 Å². The molecule has 2 saturated heterocycles. The predicted molar refractivity (Wildman–Crippen MR) is 74.9 cm³/mol. The van der Waals surface area contributed by atoms with Crippen molar-refractivity contribution in [1.29, 1.82) is 0 Å². The van der Waals surface area contributed by atoms with E-state index in [0.29, 0.717) is 46.1 Å². The number of halogens is 1. The van der Waals surface area contributed by atoms with E-state index >= 15 is 0 Å². The molecule has 2 amide bonds. The van der Waals surface area contributed by atoms with Crippen molar-refractivity contribution in [3.63, 3.8) is 0 Å². The van der Waals surface area contributed by atoms with Gasteiger partial charge in [-0.1, -0.05) is 0 Å². The number of amides is 2. The second kappa shape index (κ2) is 8.41. The fourth-order valence-corrected chi connectivity index (χ4v) is 2.17. The molecule has 2 unspecified atom stereocenters. The minimum atomic E-state index is -0.519. The molecule has 2 aliphatic heterocycles. The zero-order valence-corrected chi connectivity index (χ0v) is 12.4. The number of hydrogen-bond donors (Lipinski definition) is 2. The maximum Gasteiger partial charge on any atom is 0.245 e. The molecular weight excluding hydrogens is 286 g/mol. The Labute approximate surface area is 124 Å². The largest absolute Gasteiger partial charge is 0.378 e. The maximum atomic E-state index is 12.1. The average Bonchev–Trinajstić information content (AvgIpc) is 2.48. The van der Waals surface area contributed by atoms with Crippen molar-refractivity contribution in [1.82, 2.24) is 15.5 Å². The molecule has 2 atom stereocenters. The zero-order valence-electron chi connectivity index (χ0n) is 11.6. The van der Waals surface area contributed by atoms with Crippen molar-refractivity contribution < 1.29 is 19.1 Å². The highest BCUT2D eigenvalue weighted by Crippen LogP contribution is 2.01. The van der Waals surface area contributed by atoms with Gasteiger partial charge in [-0.15, -0.1) is 12.4 Å². The maximum absolute atomic E-state index is 12.1. The topological polar surface area (TPSA) is 79.9 Å². The third kappa shape index (κ3) is 4.59. The summed E-state index contributed by atoms with van der Waals surface area (Å²) in [6.07, 6.45) is 0. The number of rotatable bonds is 3. The van der Waals surface area contributed by atoms with E-state index in [1.165, 1.54) is 0 Å². The van der Waals surface area contributed by atoms with Crippen molar-refractivity contribution in [3.8, 4) is 0 Å². The minimum absolute atomic E-state index is 0. The number of hydrogen-bond acceptors (Lipinski definition) is 5. The van der Waals surface area contributed by atoms with Crippen molar-refractivity contribution in [2.45, 2.75) is 19.0 Å². The summed E-state index contributed by atoms with van der Waals surface area (Å²) in [6, 6.07) is -0.886. The molecule has 0 spiro atoms. The van der Waals surface area contributed by atoms with Crippen LogP contribution in [0, 0.1) is 0 Å². The lowest BCUT2D eigenvalue weighted by Crippen LogP contribution is -2.56. The van der Waals surface area contributed by atoms with Crippen LogP contribution in [0.3, 0.4) is 0 Å². The summed E-state index contributed by atoms with van der Waals surface area (Å²) in [4.78, 5) is 25.8. The Hall–Kier alpha value is -0.890. The third-order valence-electron chi connectivity index (χ3n) is 3.29. The smallest absolute Gasteiger partial charge is 0.245 e. The van der Waals surface area contributed by atoms with Crippen molar-refractivity contribution in [2.75, 3.05) is 46.1 Å². The Balaban J connectivity index is 0.00000200. The lowest BCUT2D eigenvalue weighted by molar-refractivity contribution is -0.140. The molecule has 8 heteroatoms. The molecule has 0 bridgehead atoms. The molecule has 0 aromatic heterocycles. The van der Waals surface area contributed by atoms with Gasteiger partial charge in [0.2, 0.25) is 11.8 Å². The number of morpholine rings is 2. The van der Waals surface area contributed by atoms with E-state index in [-0.39, 0.29) is 30.3 Å². The summed E-state index contributed by atoms with van der Waals surface area (Å²) in [7, 11) is 0. The first-order valence-electron chi connectivity index (χ1n) is 6.66. The zero-order chi connectivity index (χ0) is 13.7. The normalized spacial score (nSPS) is 24.4. The summed E-state index contributed by atoms with van der Waals surface area (Å²) >= 11 is 0. The van der Waals surface area contributed by atoms with Gasteiger partial charge in [0, 0.05) is 19.6 Å². The lowest BCUT2D eigenvalue weighted by atomic mass is 10.2. The first-order valence-corrected chi connectivity index (χ1v) is 6.66. The van der Waals surface area contributed by atoms with Gasteiger partial charge in [0.15, 0.2) is 0 Å². The van der Waals surface area contributed by atoms with E-state index < -0.39 is 6.04 Å². The Kier molecular flexibility index (Phi) is 7.22. The molecule has 0 aromatic carbocycles. The van der Waals surface area contributed by atoms with Crippen molar-refractivity contribution in [2.24, 2.45) is 0 Å². The average molecular weight is 308 g/mol. The number of nitrogens with one attached hydrogen (secondary N) is 2. The molecule has 2 aliphatic rings. The first kappa shape index (κ1) is 17.2. The van der Waals surface area contributed by atoms with Crippen LogP contribution in [-0.4, -0.2) is 74.9 Å². The fraction of sp³-hybridized carbons (Fsp3) is 0.833. The molecule has 2 rings (SSSR count). The molecule has 7 nitrogen and oxygen atoms in total. The van der Waals surface area contributed by atoms with Crippen LogP contribution >= 0.6 is 12.4 Å². The molecule has 0 radical (unpaired) electrons. The summed E-state index contributed by atoms with van der Waals surface area (Å²) in [6.45, 7) is 5.63. The van der Waals surface area contributed by atoms with E-state index in [9.17, 15) is 9.59 Å². The molecule has 0 saturated carbocycles. The highest BCUT2D eigenvalue weighted by atomic mass is 35.5. The molecule has 0 aliphatic carbocycles. The SMILES string of the molecule is CC(NC(=O)C1COCCN1)C(=O)N1CCOCC1.Cl. The second-order valence-corrected chi connectivity index (χ2v) is 4.75. The fourth-order valence-electron chi connectivity index (χ4n) is 2.17. The van der Waals surface area contributed by atoms with Crippen LogP contribution in [0.1, 0.15) is 6.92 Å². The predicted octanol–water partition coefficient (Wildman–Crippen LogP) is -1.24. The second-order valence-electron chi connectivity index (χ2n) is 4.75. The monoisotopic (exact) mass is 307 g/mol. The van der Waals surface area contributed by atoms with Crippen LogP contribution in [0.4, 0.5) is 0 Å². The summed E-state index contributed by atoms with van der Waals surface area (Å²) in [5.41, 5.74) is 0. The van der Waals surface area contributed by atoms with Crippen molar-refractivity contribution in [3.05, 3.63) is 0 Å². The highest BCUT2D eigenvalue weighted by Gasteiger charge is 2.27. The number of carbonyl (C=O) groups is 2. The number of ether oxygens (including phenoxy) is 2. The van der Waals surface area contributed by atoms with Crippen LogP contribution in [0.2, 0.25) is 0 Å². The van der Waals surface area contributed by atoms with Gasteiger partial charge in [0.1, 0.15) is 12.1 Å². The van der Waals surface area contributed by atoms with Crippen LogP contribution in [0.5, 0.6) is 0 Å². The van der Waals surface area contributed by atoms with Gasteiger partial charge in [0.25, 0.3) is 0 Å². The summed E-state index contributed by atoms with van der Waals surface area (Å²) < 4.78 is 10.4. The molecule has 2 heterocycles. The van der Waals surface area contributed by atoms with Gasteiger partial charge in [-0.25, -0.2) is 0 Å². The minimum Gasteiger partial charge on any atom is -0.378 e. The highest BCUT2D eigenvalue weighted by molar-refractivity contribution is 5.89. The van der Waals surface area contributed by atoms with Gasteiger partial charge >= 0.3 is 0 Å². The Morgan fingerprint density at radius 3 is 2.55 bits per heavy atom. The molecular formula is C12H22ClN3O4. The number of nitrogens with zero attached hydrogens (tertiary/aromatic N) is 1. The molecule has 2 fully saturated rings. The van der Waals surface area contributed by atoms with E-state index in [4.69, 9.17) is 9.47 Å². The number of carbonyl (C=O) groups excluding carboxylic acids is 2. The van der Waals surface area contributed by atoms with E-state index in [1.807, 2.05) is 0 Å². The summed E-state index contributed by atoms with van der Waals surface area (Å²) in [5.74, 6) is -0.248. The van der Waals surface area contributed by atoms with Gasteiger partial charge in [0.05, 0.1) is 26.4 Å². The van der Waals surface area contributed by atoms with E-state index in [1.54, 1.807) is 11.8 Å². The van der Waals surface area contributed by atoms with E-state index in [0.717, 1.165) is 0 Å². The van der Waals surface area contributed by atoms with Gasteiger partial charge in [-0.05, 0) is 6.92 Å². The lowest BCUT2D eigenvalue weighted by Gasteiger charge is -2.30. The Bertz CT molecular complexity index is 331. The standard InChI is InChI=1S/C12H21N3O4.ClH/c1-9(12(17)15-3-6-18-7-4-15)14-11(16)10-8-19-5-2-13-10;/h9-10,13H,2-8H2,1H3,(H,14,16);1H. The third-order valence-corrected chi connectivity index (χ3v) is 3.29. The van der Waals surface area contributed by atoms with Crippen LogP contribution in [0.15, 0.2) is 0 Å². The van der Waals surface area contributed by atoms with Gasteiger partial charge in [-0.2, -0.15) is 0 Å². The Morgan fingerprint density at radius 1 is 1.25 bits per heavy atom. The molecule has 116 valence electrons. The molecule has 20 heavy (non-hydrogen) atoms. The summed E-state index contributed by atoms with van der Waals surface area (Å²) in [5, 5.41) is 5.79. The van der Waals surface area contributed by atoms with Crippen LogP contribution in [0.25, 0.3) is 0 Å². The molecule has 2 N–H and O–H groups in total. The van der Waals surface area contributed by atoms with Crippen LogP contribution < -0.4 is 10.6 Å². The van der Waals surface area contributed by atoms with Gasteiger partial charge in [-0.3, -0.25) is 9.59 Å². The molecule has 0 aromatic rings. The van der Waals surface area contributed by atoms with Crippen molar-refractivity contribution >= 4 is 24.2 Å². The van der Waals surface area contributed by atoms with E-state index in [2.05, 4.69) is 10.6 Å². The first-order chi connectivity index (χ1) is 9.18. The van der Waals surface area contributed by atoms with Crippen LogP contribution in [-0.2, 0) is 19.1 Å². The Morgan fingerprint density at radius 2 is 1.95 bits per heavy atom. The quantitative estimate of drug-likeness (QED) is 0.682.